The van der Waals surface area contributed by atoms with Crippen LogP contribution in [0.25, 0.3) is 83.9 Å². The topological polar surface area (TPSA) is 50.9 Å². The Balaban J connectivity index is 1.36. The van der Waals surface area contributed by atoms with Crippen molar-refractivity contribution in [2.75, 3.05) is 0 Å². The maximum atomic E-state index is 12.8. The van der Waals surface area contributed by atoms with E-state index in [0.29, 0.717) is 28.1 Å². The van der Waals surface area contributed by atoms with Crippen LogP contribution in [0.5, 0.6) is 5.75 Å². The number of phenols is 1. The summed E-state index contributed by atoms with van der Waals surface area (Å²) >= 11 is 0. The maximum Gasteiger partial charge on any atom is 0.149 e. The van der Waals surface area contributed by atoms with Crippen LogP contribution in [0.3, 0.4) is 0 Å². The first-order valence-corrected chi connectivity index (χ1v) is 22.0. The van der Waals surface area contributed by atoms with Gasteiger partial charge in [-0.15, -0.1) is 0 Å². The molecule has 0 spiro atoms. The molecular formula is C61H59N3O. The highest BCUT2D eigenvalue weighted by atomic mass is 16.3. The lowest BCUT2D eigenvalue weighted by molar-refractivity contribution is 0.446. The third-order valence-electron chi connectivity index (χ3n) is 12.2. The highest BCUT2D eigenvalue weighted by molar-refractivity contribution is 5.98. The SMILES string of the molecule is [2H]C([2H])([2H])c1ccc(-c2ccnc(-c3cc(-c4ccccc4)cc(-c4cccc5c4nc(-c4cc(C(C)(C)C)cc(C(C)(C([2H])([2H])[2H])C([2H])([2H])[2H])c4O)n5-c4ccc(-c5ccccc5)cc4C(C)(C)C)c3)c2)cc1. The maximum absolute atomic E-state index is 12.8. The Hall–Kier alpha value is -7.04. The van der Waals surface area contributed by atoms with Crippen LogP contribution in [0.15, 0.2) is 170 Å². The number of hydrogen-bond acceptors (Lipinski definition) is 3. The van der Waals surface area contributed by atoms with Crippen LogP contribution in [-0.2, 0) is 16.2 Å². The summed E-state index contributed by atoms with van der Waals surface area (Å²) in [6.07, 6.45) is 1.75. The number of aromatic nitrogens is 3. The standard InChI is InChI=1S/C61H59N3O/c1-39-24-26-42(27-25-39)44-30-31-62-53(36-44)47-33-45(41-20-15-12-16-21-41)32-46(34-47)49-22-17-23-55-56(49)63-58(50-37-48(59(2,3)4)38-52(57(50)65)61(8,9)10)64(55)54-29-28-43(35-51(54)60(5,6)7)40-18-13-11-14-19-40/h11-38,65H,1-10H3/i1D3,8D3,9D3. The first kappa shape index (κ1) is 33.5. The minimum absolute atomic E-state index is 0.188. The number of benzene rings is 7. The molecule has 0 aliphatic heterocycles. The van der Waals surface area contributed by atoms with Gasteiger partial charge in [-0.05, 0) is 128 Å². The zero-order valence-corrected chi connectivity index (χ0v) is 38.0. The van der Waals surface area contributed by atoms with E-state index in [9.17, 15) is 5.11 Å². The minimum atomic E-state index is -3.05. The number of aromatic hydroxyl groups is 1. The molecule has 0 amide bonds. The van der Waals surface area contributed by atoms with Crippen LogP contribution < -0.4 is 0 Å². The molecule has 4 nitrogen and oxygen atoms in total. The lowest BCUT2D eigenvalue weighted by Crippen LogP contribution is -2.18. The van der Waals surface area contributed by atoms with Crippen molar-refractivity contribution < 1.29 is 17.4 Å². The first-order chi connectivity index (χ1) is 34.6. The Kier molecular flexibility index (Phi) is 8.50. The molecule has 9 aromatic rings. The summed E-state index contributed by atoms with van der Waals surface area (Å²) in [5.41, 5.74) is 9.07. The van der Waals surface area contributed by atoms with Gasteiger partial charge in [0.25, 0.3) is 0 Å². The summed E-state index contributed by atoms with van der Waals surface area (Å²) in [5, 5.41) is 12.8. The molecule has 0 saturated heterocycles. The second kappa shape index (κ2) is 16.5. The average Bonchev–Trinajstić information content (AvgIpc) is 3.74. The van der Waals surface area contributed by atoms with E-state index >= 15 is 0 Å². The van der Waals surface area contributed by atoms with Gasteiger partial charge in [-0.3, -0.25) is 9.55 Å². The number of nitrogens with zero attached hydrogens (tertiary/aromatic N) is 3. The second-order valence-electron chi connectivity index (χ2n) is 19.3. The smallest absolute Gasteiger partial charge is 0.149 e. The molecule has 0 aliphatic carbocycles. The van der Waals surface area contributed by atoms with Crippen molar-refractivity contribution >= 4 is 11.0 Å². The molecule has 7 aromatic carbocycles. The Morgan fingerprint density at radius 2 is 1.12 bits per heavy atom. The summed E-state index contributed by atoms with van der Waals surface area (Å²) in [5.74, 6) is -0.177. The fraction of sp³-hybridized carbons (Fsp3) is 0.213. The molecule has 2 aromatic heterocycles. The molecule has 0 saturated carbocycles. The largest absolute Gasteiger partial charge is 0.507 e. The molecule has 4 heteroatoms. The van der Waals surface area contributed by atoms with Gasteiger partial charge in [0.05, 0.1) is 28.0 Å². The zero-order chi connectivity index (χ0) is 53.3. The second-order valence-corrected chi connectivity index (χ2v) is 19.3. The minimum Gasteiger partial charge on any atom is -0.507 e. The van der Waals surface area contributed by atoms with E-state index in [1.165, 1.54) is 13.0 Å². The van der Waals surface area contributed by atoms with Crippen molar-refractivity contribution in [3.63, 3.8) is 0 Å². The number of fused-ring (bicyclic) bond motifs is 1. The molecule has 9 rings (SSSR count). The quantitative estimate of drug-likeness (QED) is 0.174. The normalized spacial score (nSPS) is 14.8. The van der Waals surface area contributed by atoms with E-state index in [1.54, 1.807) is 18.3 Å². The number of hydrogen-bond donors (Lipinski definition) is 1. The summed E-state index contributed by atoms with van der Waals surface area (Å²) in [6.45, 7) is 5.19. The summed E-state index contributed by atoms with van der Waals surface area (Å²) in [6, 6.07) is 52.9. The molecule has 0 bridgehead atoms. The molecule has 0 unspecified atom stereocenters. The number of pyridine rings is 1. The van der Waals surface area contributed by atoms with Crippen molar-refractivity contribution in [3.8, 4) is 78.6 Å². The van der Waals surface area contributed by atoms with E-state index in [-0.39, 0.29) is 16.7 Å². The van der Waals surface area contributed by atoms with Crippen molar-refractivity contribution in [1.82, 2.24) is 14.5 Å². The van der Waals surface area contributed by atoms with Gasteiger partial charge in [-0.25, -0.2) is 4.98 Å². The highest BCUT2D eigenvalue weighted by Crippen LogP contribution is 2.46. The third-order valence-corrected chi connectivity index (χ3v) is 12.2. The average molecular weight is 859 g/mol. The Morgan fingerprint density at radius 1 is 0.492 bits per heavy atom. The molecule has 324 valence electrons. The zero-order valence-electron chi connectivity index (χ0n) is 47.0. The van der Waals surface area contributed by atoms with Crippen LogP contribution in [0, 0.1) is 6.85 Å². The Labute approximate surface area is 398 Å². The summed E-state index contributed by atoms with van der Waals surface area (Å²) < 4.78 is 77.9. The van der Waals surface area contributed by atoms with Crippen molar-refractivity contribution in [1.29, 1.82) is 0 Å². The fourth-order valence-corrected chi connectivity index (χ4v) is 8.68. The van der Waals surface area contributed by atoms with E-state index in [1.807, 2.05) is 110 Å². The van der Waals surface area contributed by atoms with E-state index in [4.69, 9.17) is 22.3 Å². The predicted molar refractivity (Wildman–Crippen MR) is 274 cm³/mol. The van der Waals surface area contributed by atoms with E-state index in [2.05, 4.69) is 81.4 Å². The van der Waals surface area contributed by atoms with E-state index in [0.717, 1.165) is 61.3 Å². The molecule has 0 aliphatic rings. The van der Waals surface area contributed by atoms with Gasteiger partial charge in [0.1, 0.15) is 11.6 Å². The van der Waals surface area contributed by atoms with Gasteiger partial charge >= 0.3 is 0 Å². The number of imidazole rings is 1. The van der Waals surface area contributed by atoms with E-state index < -0.39 is 42.6 Å². The monoisotopic (exact) mass is 859 g/mol. The predicted octanol–water partition coefficient (Wildman–Crippen LogP) is 16.3. The number of para-hydroxylation sites is 1. The Bertz CT molecular complexity index is 3530. The number of phenolic OH excluding ortho intramolecular Hbond substituents is 1. The molecule has 0 fully saturated rings. The molecular weight excluding hydrogens is 791 g/mol. The van der Waals surface area contributed by atoms with Crippen LogP contribution in [0.1, 0.15) is 96.8 Å². The van der Waals surface area contributed by atoms with Gasteiger partial charge in [-0.1, -0.05) is 177 Å². The van der Waals surface area contributed by atoms with Crippen LogP contribution in [0.2, 0.25) is 0 Å². The summed E-state index contributed by atoms with van der Waals surface area (Å²) in [7, 11) is 0. The number of aryl methyl sites for hydroxylation is 1. The molecule has 0 atom stereocenters. The lowest BCUT2D eigenvalue weighted by atomic mass is 9.78. The van der Waals surface area contributed by atoms with Gasteiger partial charge in [-0.2, -0.15) is 0 Å². The van der Waals surface area contributed by atoms with Crippen LogP contribution in [-0.4, -0.2) is 19.6 Å². The van der Waals surface area contributed by atoms with Crippen molar-refractivity contribution in [2.45, 2.75) is 85.3 Å². The number of rotatable bonds is 7. The molecule has 65 heavy (non-hydrogen) atoms. The van der Waals surface area contributed by atoms with Gasteiger partial charge < -0.3 is 5.11 Å². The van der Waals surface area contributed by atoms with Crippen molar-refractivity contribution in [2.24, 2.45) is 0 Å². The fourth-order valence-electron chi connectivity index (χ4n) is 8.68. The van der Waals surface area contributed by atoms with Gasteiger partial charge in [0.15, 0.2) is 0 Å². The van der Waals surface area contributed by atoms with Gasteiger partial charge in [0.2, 0.25) is 0 Å². The van der Waals surface area contributed by atoms with Crippen LogP contribution >= 0.6 is 0 Å². The molecule has 1 N–H and O–H groups in total. The summed E-state index contributed by atoms with van der Waals surface area (Å²) in [4.78, 5) is 10.4. The Morgan fingerprint density at radius 3 is 1.78 bits per heavy atom. The lowest BCUT2D eigenvalue weighted by Gasteiger charge is -2.28. The van der Waals surface area contributed by atoms with Crippen LogP contribution in [0.4, 0.5) is 0 Å². The molecule has 2 heterocycles. The third kappa shape index (κ3) is 8.54. The van der Waals surface area contributed by atoms with Crippen molar-refractivity contribution in [3.05, 3.63) is 192 Å². The first-order valence-electron chi connectivity index (χ1n) is 26.5. The molecule has 0 radical (unpaired) electrons. The highest BCUT2D eigenvalue weighted by Gasteiger charge is 2.30. The van der Waals surface area contributed by atoms with Gasteiger partial charge in [0, 0.05) is 35.2 Å².